The van der Waals surface area contributed by atoms with Crippen molar-refractivity contribution in [1.29, 1.82) is 0 Å². The van der Waals surface area contributed by atoms with Gasteiger partial charge in [-0.2, -0.15) is 0 Å². The normalized spacial score (nSPS) is 10.2. The van der Waals surface area contributed by atoms with Crippen LogP contribution in [-0.2, 0) is 11.2 Å². The Kier molecular flexibility index (Phi) is 4.88. The topological polar surface area (TPSA) is 77.2 Å². The Hall–Kier alpha value is -1.92. The summed E-state index contributed by atoms with van der Waals surface area (Å²) in [7, 11) is 0. The van der Waals surface area contributed by atoms with Gasteiger partial charge < -0.3 is 10.5 Å². The first kappa shape index (κ1) is 13.5. The predicted molar refractivity (Wildman–Crippen MR) is 75.4 cm³/mol. The molecule has 1 heterocycles. The quantitative estimate of drug-likeness (QED) is 0.842. The summed E-state index contributed by atoms with van der Waals surface area (Å²) >= 11 is 1.37. The molecule has 100 valence electrons. The van der Waals surface area contributed by atoms with Gasteiger partial charge in [-0.25, -0.2) is 4.98 Å². The van der Waals surface area contributed by atoms with Gasteiger partial charge in [0.2, 0.25) is 0 Å². The Morgan fingerprint density at radius 2 is 2.16 bits per heavy atom. The molecule has 1 amide bonds. The van der Waals surface area contributed by atoms with Gasteiger partial charge in [-0.1, -0.05) is 12.1 Å². The van der Waals surface area contributed by atoms with Crippen LogP contribution in [0.5, 0.6) is 5.75 Å². The van der Waals surface area contributed by atoms with Crippen LogP contribution in [0.3, 0.4) is 0 Å². The highest BCUT2D eigenvalue weighted by atomic mass is 32.1. The van der Waals surface area contributed by atoms with Gasteiger partial charge in [-0.05, 0) is 30.7 Å². The molecular weight excluding hydrogens is 262 g/mol. The summed E-state index contributed by atoms with van der Waals surface area (Å²) < 4.78 is 5.38. The maximum Gasteiger partial charge on any atom is 0.264 e. The average molecular weight is 277 g/mol. The number of hydrogen-bond donors (Lipinski definition) is 2. The lowest BCUT2D eigenvalue weighted by Crippen LogP contribution is -2.19. The molecule has 0 bridgehead atoms. The van der Waals surface area contributed by atoms with Gasteiger partial charge in [-0.15, -0.1) is 11.3 Å². The molecule has 0 radical (unpaired) electrons. The summed E-state index contributed by atoms with van der Waals surface area (Å²) in [5.41, 5.74) is 6.63. The van der Waals surface area contributed by atoms with E-state index in [0.717, 1.165) is 12.0 Å². The van der Waals surface area contributed by atoms with E-state index in [1.807, 2.05) is 24.3 Å². The molecule has 0 saturated heterocycles. The number of carbonyl (C=O) groups is 1. The highest BCUT2D eigenvalue weighted by Gasteiger charge is 2.05. The number of benzene rings is 1. The first-order chi connectivity index (χ1) is 9.28. The minimum atomic E-state index is -0.221. The molecule has 0 aliphatic carbocycles. The zero-order chi connectivity index (χ0) is 13.5. The van der Waals surface area contributed by atoms with Crippen LogP contribution in [0.4, 0.5) is 5.13 Å². The zero-order valence-corrected chi connectivity index (χ0v) is 11.2. The number of carbonyl (C=O) groups excluding carboxylic acids is 1. The molecule has 0 spiro atoms. The fraction of sp³-hybridized carbons (Fsp3) is 0.231. The average Bonchev–Trinajstić information content (AvgIpc) is 2.91. The lowest BCUT2D eigenvalue weighted by atomic mass is 10.1. The number of aromatic nitrogens is 1. The molecule has 0 saturated carbocycles. The Labute approximate surface area is 115 Å². The third-order valence-electron chi connectivity index (χ3n) is 2.40. The predicted octanol–water partition coefficient (Wildman–Crippen LogP) is 1.66. The van der Waals surface area contributed by atoms with Crippen LogP contribution < -0.4 is 15.8 Å². The first-order valence-electron chi connectivity index (χ1n) is 5.89. The number of ether oxygens (including phenoxy) is 1. The van der Waals surface area contributed by atoms with E-state index >= 15 is 0 Å². The summed E-state index contributed by atoms with van der Waals surface area (Å²) in [6.45, 7) is 0.590. The van der Waals surface area contributed by atoms with Crippen LogP contribution in [0, 0.1) is 0 Å². The third-order valence-corrected chi connectivity index (χ3v) is 3.09. The van der Waals surface area contributed by atoms with Crippen LogP contribution in [0.2, 0.25) is 0 Å². The molecule has 5 nitrogen and oxygen atoms in total. The molecule has 0 aliphatic heterocycles. The fourth-order valence-electron chi connectivity index (χ4n) is 1.51. The van der Waals surface area contributed by atoms with Crippen molar-refractivity contribution in [3.8, 4) is 5.75 Å². The second-order valence-electron chi connectivity index (χ2n) is 3.86. The third kappa shape index (κ3) is 4.35. The Bertz CT molecular complexity index is 511. The van der Waals surface area contributed by atoms with Crippen molar-refractivity contribution >= 4 is 22.4 Å². The molecule has 2 aromatic rings. The second kappa shape index (κ2) is 6.86. The van der Waals surface area contributed by atoms with Gasteiger partial charge in [0, 0.05) is 11.6 Å². The van der Waals surface area contributed by atoms with Crippen molar-refractivity contribution in [1.82, 2.24) is 4.98 Å². The molecule has 1 aromatic heterocycles. The van der Waals surface area contributed by atoms with E-state index in [9.17, 15) is 4.79 Å². The number of rotatable bonds is 6. The van der Waals surface area contributed by atoms with Gasteiger partial charge in [0.25, 0.3) is 5.91 Å². The second-order valence-corrected chi connectivity index (χ2v) is 4.75. The Morgan fingerprint density at radius 1 is 1.37 bits per heavy atom. The van der Waals surface area contributed by atoms with Crippen LogP contribution in [-0.4, -0.2) is 24.0 Å². The zero-order valence-electron chi connectivity index (χ0n) is 10.3. The van der Waals surface area contributed by atoms with Crippen LogP contribution in [0.25, 0.3) is 0 Å². The summed E-state index contributed by atoms with van der Waals surface area (Å²) in [5.74, 6) is 0.441. The van der Waals surface area contributed by atoms with E-state index < -0.39 is 0 Å². The Balaban J connectivity index is 1.79. The molecule has 0 aliphatic rings. The number of amides is 1. The number of anilines is 1. The molecular formula is C13H15N3O2S. The van der Waals surface area contributed by atoms with Gasteiger partial charge in [0.1, 0.15) is 5.75 Å². The van der Waals surface area contributed by atoms with Crippen molar-refractivity contribution in [2.24, 2.45) is 5.73 Å². The molecule has 0 fully saturated rings. The van der Waals surface area contributed by atoms with Crippen LogP contribution in [0.1, 0.15) is 5.56 Å². The lowest BCUT2D eigenvalue weighted by Gasteiger charge is -2.06. The van der Waals surface area contributed by atoms with Crippen molar-refractivity contribution in [3.63, 3.8) is 0 Å². The number of nitrogens with one attached hydrogen (secondary N) is 1. The molecule has 3 N–H and O–H groups in total. The fourth-order valence-corrected chi connectivity index (χ4v) is 2.05. The standard InChI is InChI=1S/C13H15N3O2S/c14-6-5-10-1-3-11(4-2-10)18-9-12(17)16-13-15-7-8-19-13/h1-4,7-8H,5-6,9,14H2,(H,15,16,17). The number of thiazole rings is 1. The molecule has 19 heavy (non-hydrogen) atoms. The van der Waals surface area contributed by atoms with Crippen molar-refractivity contribution in [2.75, 3.05) is 18.5 Å². The van der Waals surface area contributed by atoms with E-state index in [4.69, 9.17) is 10.5 Å². The molecule has 2 rings (SSSR count). The minimum absolute atomic E-state index is 0.0319. The van der Waals surface area contributed by atoms with Gasteiger partial charge in [-0.3, -0.25) is 10.1 Å². The van der Waals surface area contributed by atoms with E-state index in [-0.39, 0.29) is 12.5 Å². The SMILES string of the molecule is NCCc1ccc(OCC(=O)Nc2nccs2)cc1. The summed E-state index contributed by atoms with van der Waals surface area (Å²) in [5, 5.41) is 5.02. The summed E-state index contributed by atoms with van der Waals surface area (Å²) in [6.07, 6.45) is 2.47. The minimum Gasteiger partial charge on any atom is -0.484 e. The maximum absolute atomic E-state index is 11.6. The monoisotopic (exact) mass is 277 g/mol. The van der Waals surface area contributed by atoms with Crippen LogP contribution in [0.15, 0.2) is 35.8 Å². The van der Waals surface area contributed by atoms with E-state index in [2.05, 4.69) is 10.3 Å². The van der Waals surface area contributed by atoms with Gasteiger partial charge >= 0.3 is 0 Å². The molecule has 1 aromatic carbocycles. The maximum atomic E-state index is 11.6. The van der Waals surface area contributed by atoms with Gasteiger partial charge in [0.05, 0.1) is 0 Å². The van der Waals surface area contributed by atoms with E-state index in [1.54, 1.807) is 11.6 Å². The number of nitrogens with zero attached hydrogens (tertiary/aromatic N) is 1. The number of nitrogens with two attached hydrogens (primary N) is 1. The number of hydrogen-bond acceptors (Lipinski definition) is 5. The van der Waals surface area contributed by atoms with E-state index in [0.29, 0.717) is 17.4 Å². The first-order valence-corrected chi connectivity index (χ1v) is 6.77. The summed E-state index contributed by atoms with van der Waals surface area (Å²) in [4.78, 5) is 15.5. The Morgan fingerprint density at radius 3 is 2.79 bits per heavy atom. The summed E-state index contributed by atoms with van der Waals surface area (Å²) in [6, 6.07) is 7.56. The molecule has 0 atom stereocenters. The van der Waals surface area contributed by atoms with Gasteiger partial charge in [0.15, 0.2) is 11.7 Å². The van der Waals surface area contributed by atoms with Crippen molar-refractivity contribution < 1.29 is 9.53 Å². The molecule has 0 unspecified atom stereocenters. The van der Waals surface area contributed by atoms with E-state index in [1.165, 1.54) is 11.3 Å². The van der Waals surface area contributed by atoms with Crippen LogP contribution >= 0.6 is 11.3 Å². The smallest absolute Gasteiger partial charge is 0.264 e. The highest BCUT2D eigenvalue weighted by Crippen LogP contribution is 2.13. The molecule has 6 heteroatoms. The highest BCUT2D eigenvalue weighted by molar-refractivity contribution is 7.13. The lowest BCUT2D eigenvalue weighted by molar-refractivity contribution is -0.118. The van der Waals surface area contributed by atoms with Crippen molar-refractivity contribution in [2.45, 2.75) is 6.42 Å². The largest absolute Gasteiger partial charge is 0.484 e. The van der Waals surface area contributed by atoms with Crippen molar-refractivity contribution in [3.05, 3.63) is 41.4 Å².